The van der Waals surface area contributed by atoms with Gasteiger partial charge in [-0.3, -0.25) is 4.79 Å². The van der Waals surface area contributed by atoms with Crippen LogP contribution >= 0.6 is 11.8 Å². The summed E-state index contributed by atoms with van der Waals surface area (Å²) in [5, 5.41) is 11.2. The number of carbonyl (C=O) groups is 1. The van der Waals surface area contributed by atoms with Crippen molar-refractivity contribution in [3.05, 3.63) is 18.2 Å². The van der Waals surface area contributed by atoms with Crippen molar-refractivity contribution < 1.29 is 19.4 Å². The first-order valence-electron chi connectivity index (χ1n) is 5.69. The number of benzene rings is 1. The molecule has 1 aromatic rings. The summed E-state index contributed by atoms with van der Waals surface area (Å²) in [4.78, 5) is 12.3. The zero-order valence-electron chi connectivity index (χ0n) is 9.85. The molecule has 0 bridgehead atoms. The summed E-state index contributed by atoms with van der Waals surface area (Å²) < 4.78 is 10.9. The number of hydrogen-bond donors (Lipinski definition) is 2. The van der Waals surface area contributed by atoms with Crippen molar-refractivity contribution in [2.75, 3.05) is 32.1 Å². The maximum absolute atomic E-state index is 11.4. The highest BCUT2D eigenvalue weighted by Crippen LogP contribution is 2.33. The Labute approximate surface area is 109 Å². The molecule has 0 saturated heterocycles. The van der Waals surface area contributed by atoms with Gasteiger partial charge in [0.1, 0.15) is 13.2 Å². The second kappa shape index (κ2) is 6.51. The number of nitrogens with one attached hydrogen (secondary N) is 1. The Morgan fingerprint density at radius 2 is 2.11 bits per heavy atom. The molecule has 1 aromatic carbocycles. The number of rotatable bonds is 5. The lowest BCUT2D eigenvalue weighted by atomic mass is 10.3. The number of carbonyl (C=O) groups excluding carboxylic acids is 1. The summed E-state index contributed by atoms with van der Waals surface area (Å²) in [5.74, 6) is 1.70. The first-order chi connectivity index (χ1) is 8.79. The van der Waals surface area contributed by atoms with Crippen molar-refractivity contribution in [3.63, 3.8) is 0 Å². The molecule has 0 radical (unpaired) electrons. The van der Waals surface area contributed by atoms with Gasteiger partial charge in [0, 0.05) is 11.4 Å². The van der Waals surface area contributed by atoms with Crippen LogP contribution in [0.15, 0.2) is 23.1 Å². The molecule has 0 atom stereocenters. The van der Waals surface area contributed by atoms with Crippen molar-refractivity contribution >= 4 is 17.7 Å². The number of ether oxygens (including phenoxy) is 2. The molecule has 0 unspecified atom stereocenters. The van der Waals surface area contributed by atoms with Gasteiger partial charge in [-0.25, -0.2) is 0 Å². The minimum atomic E-state index is -0.0936. The number of thioether (sulfide) groups is 1. The van der Waals surface area contributed by atoms with Crippen molar-refractivity contribution in [3.8, 4) is 11.5 Å². The molecule has 0 spiro atoms. The fraction of sp³-hybridized carbons (Fsp3) is 0.417. The second-order valence-electron chi connectivity index (χ2n) is 3.67. The molecular weight excluding hydrogens is 254 g/mol. The van der Waals surface area contributed by atoms with Crippen molar-refractivity contribution in [2.24, 2.45) is 0 Å². The Balaban J connectivity index is 1.88. The molecule has 1 heterocycles. The number of aliphatic hydroxyl groups is 1. The van der Waals surface area contributed by atoms with E-state index < -0.39 is 0 Å². The molecule has 2 rings (SSSR count). The van der Waals surface area contributed by atoms with E-state index in [0.717, 1.165) is 16.4 Å². The van der Waals surface area contributed by atoms with Crippen LogP contribution in [0.1, 0.15) is 0 Å². The van der Waals surface area contributed by atoms with Gasteiger partial charge in [-0.1, -0.05) is 0 Å². The number of aliphatic hydroxyl groups excluding tert-OH is 1. The topological polar surface area (TPSA) is 67.8 Å². The Morgan fingerprint density at radius 3 is 2.89 bits per heavy atom. The van der Waals surface area contributed by atoms with Gasteiger partial charge in [0.15, 0.2) is 11.5 Å². The van der Waals surface area contributed by atoms with Gasteiger partial charge in [-0.05, 0) is 18.2 Å². The third kappa shape index (κ3) is 3.54. The second-order valence-corrected chi connectivity index (χ2v) is 4.72. The van der Waals surface area contributed by atoms with Gasteiger partial charge < -0.3 is 19.9 Å². The summed E-state index contributed by atoms with van der Waals surface area (Å²) in [6.07, 6.45) is 0. The molecule has 1 aliphatic rings. The van der Waals surface area contributed by atoms with E-state index in [1.165, 1.54) is 11.8 Å². The molecule has 18 heavy (non-hydrogen) atoms. The summed E-state index contributed by atoms with van der Waals surface area (Å²) in [6, 6.07) is 5.62. The summed E-state index contributed by atoms with van der Waals surface area (Å²) >= 11 is 1.42. The molecule has 0 aliphatic carbocycles. The average Bonchev–Trinajstić information content (AvgIpc) is 2.42. The quantitative estimate of drug-likeness (QED) is 0.769. The van der Waals surface area contributed by atoms with Crippen molar-refractivity contribution in [1.82, 2.24) is 5.32 Å². The van der Waals surface area contributed by atoms with Crippen LogP contribution in [0.4, 0.5) is 0 Å². The maximum atomic E-state index is 11.4. The maximum Gasteiger partial charge on any atom is 0.230 e. The summed E-state index contributed by atoms with van der Waals surface area (Å²) in [7, 11) is 0. The SMILES string of the molecule is O=C(CSc1ccc2c(c1)OCCO2)NCCO. The lowest BCUT2D eigenvalue weighted by Crippen LogP contribution is -2.27. The molecule has 1 amide bonds. The average molecular weight is 269 g/mol. The molecule has 0 fully saturated rings. The van der Waals surface area contributed by atoms with Crippen molar-refractivity contribution in [2.45, 2.75) is 4.90 Å². The van der Waals surface area contributed by atoms with Gasteiger partial charge in [0.05, 0.1) is 12.4 Å². The normalized spacial score (nSPS) is 13.2. The van der Waals surface area contributed by atoms with Gasteiger partial charge in [0.2, 0.25) is 5.91 Å². The van der Waals surface area contributed by atoms with Crippen LogP contribution in [0.2, 0.25) is 0 Å². The smallest absolute Gasteiger partial charge is 0.230 e. The van der Waals surface area contributed by atoms with Crippen LogP contribution in [0, 0.1) is 0 Å². The highest BCUT2D eigenvalue weighted by Gasteiger charge is 2.12. The van der Waals surface area contributed by atoms with Crippen LogP contribution in [0.5, 0.6) is 11.5 Å². The Morgan fingerprint density at radius 1 is 1.33 bits per heavy atom. The molecule has 0 saturated carbocycles. The molecule has 1 aliphatic heterocycles. The largest absolute Gasteiger partial charge is 0.486 e. The van der Waals surface area contributed by atoms with Gasteiger partial charge in [-0.15, -0.1) is 11.8 Å². The summed E-state index contributed by atoms with van der Waals surface area (Å²) in [5.41, 5.74) is 0. The minimum absolute atomic E-state index is 0.0412. The monoisotopic (exact) mass is 269 g/mol. The fourth-order valence-corrected chi connectivity index (χ4v) is 2.26. The first kappa shape index (κ1) is 13.0. The lowest BCUT2D eigenvalue weighted by Gasteiger charge is -2.18. The minimum Gasteiger partial charge on any atom is -0.486 e. The number of fused-ring (bicyclic) bond motifs is 1. The van der Waals surface area contributed by atoms with Crippen LogP contribution in [-0.4, -0.2) is 43.1 Å². The van der Waals surface area contributed by atoms with Crippen LogP contribution in [0.25, 0.3) is 0 Å². The highest BCUT2D eigenvalue weighted by molar-refractivity contribution is 8.00. The number of amides is 1. The van der Waals surface area contributed by atoms with Crippen LogP contribution in [0.3, 0.4) is 0 Å². The van der Waals surface area contributed by atoms with Crippen LogP contribution in [-0.2, 0) is 4.79 Å². The Hall–Kier alpha value is -1.40. The zero-order valence-corrected chi connectivity index (χ0v) is 10.7. The fourth-order valence-electron chi connectivity index (χ4n) is 1.51. The first-order valence-corrected chi connectivity index (χ1v) is 6.68. The van der Waals surface area contributed by atoms with E-state index in [1.54, 1.807) is 0 Å². The molecule has 6 heteroatoms. The molecular formula is C12H15NO4S. The van der Waals surface area contributed by atoms with Gasteiger partial charge in [0.25, 0.3) is 0 Å². The third-order valence-electron chi connectivity index (χ3n) is 2.32. The summed E-state index contributed by atoms with van der Waals surface area (Å²) in [6.45, 7) is 1.38. The van der Waals surface area contributed by atoms with E-state index in [4.69, 9.17) is 14.6 Å². The zero-order chi connectivity index (χ0) is 12.8. The third-order valence-corrected chi connectivity index (χ3v) is 3.31. The van der Waals surface area contributed by atoms with Gasteiger partial charge in [-0.2, -0.15) is 0 Å². The van der Waals surface area contributed by atoms with E-state index in [1.807, 2.05) is 18.2 Å². The predicted molar refractivity (Wildman–Crippen MR) is 68.3 cm³/mol. The lowest BCUT2D eigenvalue weighted by molar-refractivity contribution is -0.118. The standard InChI is InChI=1S/C12H15NO4S/c14-4-3-13-12(15)8-18-9-1-2-10-11(7-9)17-6-5-16-10/h1-2,7,14H,3-6,8H2,(H,13,15). The van der Waals surface area contributed by atoms with E-state index >= 15 is 0 Å². The van der Waals surface area contributed by atoms with Gasteiger partial charge >= 0.3 is 0 Å². The molecule has 0 aromatic heterocycles. The Bertz CT molecular complexity index is 425. The van der Waals surface area contributed by atoms with E-state index in [9.17, 15) is 4.79 Å². The van der Waals surface area contributed by atoms with E-state index in [0.29, 0.717) is 25.5 Å². The van der Waals surface area contributed by atoms with Crippen LogP contribution < -0.4 is 14.8 Å². The van der Waals surface area contributed by atoms with E-state index in [2.05, 4.69) is 5.32 Å². The predicted octanol–water partition coefficient (Wildman–Crippen LogP) is 0.658. The molecule has 5 nitrogen and oxygen atoms in total. The number of hydrogen-bond acceptors (Lipinski definition) is 5. The highest BCUT2D eigenvalue weighted by atomic mass is 32.2. The van der Waals surface area contributed by atoms with Crippen molar-refractivity contribution in [1.29, 1.82) is 0 Å². The molecule has 2 N–H and O–H groups in total. The Kier molecular flexibility index (Phi) is 4.72. The van der Waals surface area contributed by atoms with E-state index in [-0.39, 0.29) is 12.5 Å². The molecule has 98 valence electrons.